The van der Waals surface area contributed by atoms with Crippen LogP contribution in [0, 0.1) is 0 Å². The molecule has 0 saturated heterocycles. The molecular weight excluding hydrogens is 340 g/mol. The summed E-state index contributed by atoms with van der Waals surface area (Å²) in [5.41, 5.74) is 2.25. The Labute approximate surface area is 139 Å². The van der Waals surface area contributed by atoms with Crippen LogP contribution in [0.1, 0.15) is 42.3 Å². The summed E-state index contributed by atoms with van der Waals surface area (Å²) in [6.45, 7) is 5.58. The maximum atomic E-state index is 11.9. The van der Waals surface area contributed by atoms with E-state index in [2.05, 4.69) is 15.9 Å². The van der Waals surface area contributed by atoms with Crippen LogP contribution < -0.4 is 0 Å². The fourth-order valence-corrected chi connectivity index (χ4v) is 2.10. The lowest BCUT2D eigenvalue weighted by molar-refractivity contribution is 0.00695. The number of carbonyl (C=O) groups is 1. The molecule has 0 N–H and O–H groups in total. The van der Waals surface area contributed by atoms with E-state index in [0.717, 1.165) is 15.6 Å². The van der Waals surface area contributed by atoms with Gasteiger partial charge in [-0.05, 0) is 56.2 Å². The lowest BCUT2D eigenvalue weighted by atomic mass is 10.1. The number of hydrogen-bond acceptors (Lipinski definition) is 2. The molecule has 0 fully saturated rings. The van der Waals surface area contributed by atoms with Gasteiger partial charge >= 0.3 is 5.97 Å². The van der Waals surface area contributed by atoms with Crippen LogP contribution in [0.15, 0.2) is 53.0 Å². The van der Waals surface area contributed by atoms with Gasteiger partial charge in [-0.3, -0.25) is 0 Å². The van der Waals surface area contributed by atoms with Gasteiger partial charge in [0.25, 0.3) is 0 Å². The zero-order valence-corrected chi connectivity index (χ0v) is 14.6. The first-order chi connectivity index (χ1) is 10.3. The molecule has 22 heavy (non-hydrogen) atoms. The Hall–Kier alpha value is -1.87. The molecule has 0 aliphatic carbocycles. The summed E-state index contributed by atoms with van der Waals surface area (Å²) in [4.78, 5) is 11.9. The second kappa shape index (κ2) is 6.93. The summed E-state index contributed by atoms with van der Waals surface area (Å²) in [5, 5.41) is 0. The van der Waals surface area contributed by atoms with Crippen LogP contribution in [0.4, 0.5) is 0 Å². The van der Waals surface area contributed by atoms with Crippen LogP contribution >= 0.6 is 15.9 Å². The van der Waals surface area contributed by atoms with E-state index in [4.69, 9.17) is 4.74 Å². The number of halogens is 1. The zero-order valence-electron chi connectivity index (χ0n) is 13.0. The molecule has 0 bridgehead atoms. The standard InChI is InChI=1S/C19H19BrO2/c1-19(2,3)22-18(21)16-10-6-14(7-11-16)4-5-15-8-12-17(20)13-9-15/h4-13H,1-3H3/b5-4+. The van der Waals surface area contributed by atoms with Crippen molar-refractivity contribution in [1.29, 1.82) is 0 Å². The molecule has 2 aromatic carbocycles. The Morgan fingerprint density at radius 2 is 1.36 bits per heavy atom. The first-order valence-electron chi connectivity index (χ1n) is 7.10. The smallest absolute Gasteiger partial charge is 0.338 e. The second-order valence-electron chi connectivity index (χ2n) is 6.01. The third-order valence-electron chi connectivity index (χ3n) is 2.88. The van der Waals surface area contributed by atoms with Crippen molar-refractivity contribution in [2.24, 2.45) is 0 Å². The number of ether oxygens (including phenoxy) is 1. The molecule has 114 valence electrons. The average molecular weight is 359 g/mol. The van der Waals surface area contributed by atoms with Crippen molar-refractivity contribution in [3.63, 3.8) is 0 Å². The van der Waals surface area contributed by atoms with Gasteiger partial charge in [-0.15, -0.1) is 0 Å². The quantitative estimate of drug-likeness (QED) is 0.529. The first kappa shape index (κ1) is 16.5. The van der Waals surface area contributed by atoms with Gasteiger partial charge in [0, 0.05) is 4.47 Å². The number of esters is 1. The van der Waals surface area contributed by atoms with E-state index in [1.807, 2.05) is 69.3 Å². The van der Waals surface area contributed by atoms with Crippen molar-refractivity contribution in [1.82, 2.24) is 0 Å². The number of rotatable bonds is 3. The number of carbonyl (C=O) groups excluding carboxylic acids is 1. The molecule has 2 aromatic rings. The lowest BCUT2D eigenvalue weighted by Gasteiger charge is -2.19. The highest BCUT2D eigenvalue weighted by molar-refractivity contribution is 9.10. The summed E-state index contributed by atoms with van der Waals surface area (Å²) in [6.07, 6.45) is 4.05. The van der Waals surface area contributed by atoms with Crippen molar-refractivity contribution in [2.45, 2.75) is 26.4 Å². The minimum absolute atomic E-state index is 0.295. The topological polar surface area (TPSA) is 26.3 Å². The van der Waals surface area contributed by atoms with Crippen molar-refractivity contribution in [3.8, 4) is 0 Å². The highest BCUT2D eigenvalue weighted by Crippen LogP contribution is 2.15. The van der Waals surface area contributed by atoms with E-state index >= 15 is 0 Å². The minimum Gasteiger partial charge on any atom is -0.456 e. The third kappa shape index (κ3) is 5.15. The van der Waals surface area contributed by atoms with Gasteiger partial charge in [0.15, 0.2) is 0 Å². The van der Waals surface area contributed by atoms with Gasteiger partial charge in [-0.1, -0.05) is 52.3 Å². The Morgan fingerprint density at radius 1 is 0.909 bits per heavy atom. The van der Waals surface area contributed by atoms with Crippen molar-refractivity contribution >= 4 is 34.1 Å². The Morgan fingerprint density at radius 3 is 1.82 bits per heavy atom. The van der Waals surface area contributed by atoms with Gasteiger partial charge in [0.1, 0.15) is 5.60 Å². The largest absolute Gasteiger partial charge is 0.456 e. The molecule has 2 rings (SSSR count). The summed E-state index contributed by atoms with van der Waals surface area (Å²) >= 11 is 3.42. The molecule has 0 saturated carbocycles. The molecular formula is C19H19BrO2. The normalized spacial score (nSPS) is 11.6. The molecule has 0 radical (unpaired) electrons. The third-order valence-corrected chi connectivity index (χ3v) is 3.41. The van der Waals surface area contributed by atoms with Crippen molar-refractivity contribution in [2.75, 3.05) is 0 Å². The van der Waals surface area contributed by atoms with E-state index in [1.54, 1.807) is 12.1 Å². The van der Waals surface area contributed by atoms with Gasteiger partial charge in [-0.2, -0.15) is 0 Å². The van der Waals surface area contributed by atoms with Crippen LogP contribution in [0.3, 0.4) is 0 Å². The molecule has 0 unspecified atom stereocenters. The van der Waals surface area contributed by atoms with Crippen LogP contribution in [0.25, 0.3) is 12.2 Å². The van der Waals surface area contributed by atoms with Crippen LogP contribution in [-0.2, 0) is 4.74 Å². The monoisotopic (exact) mass is 358 g/mol. The maximum Gasteiger partial charge on any atom is 0.338 e. The van der Waals surface area contributed by atoms with Gasteiger partial charge in [0.2, 0.25) is 0 Å². The highest BCUT2D eigenvalue weighted by atomic mass is 79.9. The lowest BCUT2D eigenvalue weighted by Crippen LogP contribution is -2.23. The predicted octanol–water partition coefficient (Wildman–Crippen LogP) is 5.57. The summed E-state index contributed by atoms with van der Waals surface area (Å²) in [7, 11) is 0. The Bertz CT molecular complexity index is 662. The van der Waals surface area contributed by atoms with Gasteiger partial charge in [0.05, 0.1) is 5.56 Å². The molecule has 0 atom stereocenters. The molecule has 0 spiro atoms. The Kier molecular flexibility index (Phi) is 5.19. The summed E-state index contributed by atoms with van der Waals surface area (Å²) < 4.78 is 6.40. The maximum absolute atomic E-state index is 11.9. The van der Waals surface area contributed by atoms with E-state index in [9.17, 15) is 4.79 Å². The SMILES string of the molecule is CC(C)(C)OC(=O)c1ccc(/C=C/c2ccc(Br)cc2)cc1. The Balaban J connectivity index is 2.05. The molecule has 0 amide bonds. The average Bonchev–Trinajstić information content (AvgIpc) is 2.45. The molecule has 3 heteroatoms. The fraction of sp³-hybridized carbons (Fsp3) is 0.211. The molecule has 0 aliphatic rings. The van der Waals surface area contributed by atoms with Crippen LogP contribution in [-0.4, -0.2) is 11.6 Å². The second-order valence-corrected chi connectivity index (χ2v) is 6.92. The van der Waals surface area contributed by atoms with E-state index < -0.39 is 5.60 Å². The summed E-state index contributed by atoms with van der Waals surface area (Å²) in [6, 6.07) is 15.5. The van der Waals surface area contributed by atoms with Crippen molar-refractivity contribution < 1.29 is 9.53 Å². The highest BCUT2D eigenvalue weighted by Gasteiger charge is 2.17. The zero-order chi connectivity index (χ0) is 16.2. The van der Waals surface area contributed by atoms with E-state index in [0.29, 0.717) is 5.56 Å². The van der Waals surface area contributed by atoms with Crippen LogP contribution in [0.2, 0.25) is 0 Å². The number of hydrogen-bond donors (Lipinski definition) is 0. The molecule has 0 aromatic heterocycles. The van der Waals surface area contributed by atoms with Gasteiger partial charge in [-0.25, -0.2) is 4.79 Å². The molecule has 0 aliphatic heterocycles. The van der Waals surface area contributed by atoms with Crippen LogP contribution in [0.5, 0.6) is 0 Å². The van der Waals surface area contributed by atoms with E-state index in [-0.39, 0.29) is 5.97 Å². The van der Waals surface area contributed by atoms with Crippen molar-refractivity contribution in [3.05, 3.63) is 69.7 Å². The number of benzene rings is 2. The first-order valence-corrected chi connectivity index (χ1v) is 7.90. The summed E-state index contributed by atoms with van der Waals surface area (Å²) in [5.74, 6) is -0.295. The fourth-order valence-electron chi connectivity index (χ4n) is 1.83. The predicted molar refractivity (Wildman–Crippen MR) is 94.7 cm³/mol. The van der Waals surface area contributed by atoms with E-state index in [1.165, 1.54) is 0 Å². The minimum atomic E-state index is -0.475. The van der Waals surface area contributed by atoms with Gasteiger partial charge < -0.3 is 4.74 Å². The molecule has 0 heterocycles. The molecule has 2 nitrogen and oxygen atoms in total.